The molecule has 1 amide bonds. The zero-order valence-electron chi connectivity index (χ0n) is 12.8. The van der Waals surface area contributed by atoms with Crippen LogP contribution in [0.1, 0.15) is 50.5 Å². The van der Waals surface area contributed by atoms with E-state index in [1.807, 2.05) is 17.0 Å². The Morgan fingerprint density at radius 3 is 2.75 bits per heavy atom. The molecular weight excluding hydrogens is 250 g/mol. The first kappa shape index (κ1) is 14.8. The van der Waals surface area contributed by atoms with Crippen molar-refractivity contribution in [3.05, 3.63) is 24.0 Å². The summed E-state index contributed by atoms with van der Waals surface area (Å²) in [6, 6.07) is 3.77. The van der Waals surface area contributed by atoms with Gasteiger partial charge in [0.2, 0.25) is 0 Å². The maximum atomic E-state index is 12.5. The highest BCUT2D eigenvalue weighted by atomic mass is 16.2. The molecular formula is C16H25N3O. The molecule has 1 aromatic rings. The average molecular weight is 275 g/mol. The summed E-state index contributed by atoms with van der Waals surface area (Å²) in [6.07, 6.45) is 4.89. The topological polar surface area (TPSA) is 45.2 Å². The van der Waals surface area contributed by atoms with Crippen LogP contribution in [-0.4, -0.2) is 35.4 Å². The van der Waals surface area contributed by atoms with Crippen molar-refractivity contribution in [1.82, 2.24) is 9.88 Å². The molecule has 1 N–H and O–H groups in total. The van der Waals surface area contributed by atoms with E-state index in [4.69, 9.17) is 0 Å². The molecule has 1 aliphatic heterocycles. The van der Waals surface area contributed by atoms with Crippen LogP contribution in [0, 0.1) is 5.41 Å². The second-order valence-electron chi connectivity index (χ2n) is 6.31. The molecule has 1 saturated heterocycles. The highest BCUT2D eigenvalue weighted by Crippen LogP contribution is 2.30. The zero-order valence-corrected chi connectivity index (χ0v) is 12.8. The first-order valence-corrected chi connectivity index (χ1v) is 7.51. The fraction of sp³-hybridized carbons (Fsp3) is 0.625. The molecule has 0 aliphatic carbocycles. The summed E-state index contributed by atoms with van der Waals surface area (Å²) in [5, 5.41) is 3.29. The Balaban J connectivity index is 2.02. The van der Waals surface area contributed by atoms with Crippen molar-refractivity contribution in [2.24, 2.45) is 5.41 Å². The van der Waals surface area contributed by atoms with E-state index in [0.717, 1.165) is 44.6 Å². The molecule has 4 nitrogen and oxygen atoms in total. The summed E-state index contributed by atoms with van der Waals surface area (Å²) < 4.78 is 0. The molecule has 0 saturated carbocycles. The van der Waals surface area contributed by atoms with Crippen molar-refractivity contribution in [2.45, 2.75) is 40.0 Å². The van der Waals surface area contributed by atoms with E-state index in [1.54, 1.807) is 6.20 Å². The van der Waals surface area contributed by atoms with Crippen molar-refractivity contribution in [3.63, 3.8) is 0 Å². The van der Waals surface area contributed by atoms with Gasteiger partial charge in [-0.1, -0.05) is 20.8 Å². The van der Waals surface area contributed by atoms with Gasteiger partial charge in [0.1, 0.15) is 5.69 Å². The SMILES string of the molecule is CCCNc1ccnc(C(=O)N2CCC(C)(C)CC2)c1. The number of likely N-dealkylation sites (tertiary alicyclic amines) is 1. The molecule has 4 heteroatoms. The number of amides is 1. The first-order chi connectivity index (χ1) is 9.52. The number of anilines is 1. The monoisotopic (exact) mass is 275 g/mol. The van der Waals surface area contributed by atoms with Gasteiger partial charge in [-0.25, -0.2) is 0 Å². The minimum Gasteiger partial charge on any atom is -0.385 e. The Labute approximate surface area is 121 Å². The number of hydrogen-bond acceptors (Lipinski definition) is 3. The zero-order chi connectivity index (χ0) is 14.6. The van der Waals surface area contributed by atoms with E-state index >= 15 is 0 Å². The fourth-order valence-corrected chi connectivity index (χ4v) is 2.40. The van der Waals surface area contributed by atoms with Crippen LogP contribution < -0.4 is 5.32 Å². The summed E-state index contributed by atoms with van der Waals surface area (Å²) in [4.78, 5) is 18.6. The molecule has 0 atom stereocenters. The number of rotatable bonds is 4. The van der Waals surface area contributed by atoms with Gasteiger partial charge in [0.25, 0.3) is 5.91 Å². The molecule has 0 radical (unpaired) electrons. The molecule has 2 rings (SSSR count). The maximum Gasteiger partial charge on any atom is 0.272 e. The van der Waals surface area contributed by atoms with Crippen molar-refractivity contribution < 1.29 is 4.79 Å². The Kier molecular flexibility index (Phi) is 4.63. The standard InChI is InChI=1S/C16H25N3O/c1-4-8-17-13-5-9-18-14(12-13)15(20)19-10-6-16(2,3)7-11-19/h5,9,12H,4,6-8,10-11H2,1-3H3,(H,17,18). The van der Waals surface area contributed by atoms with Crippen LogP contribution in [-0.2, 0) is 0 Å². The largest absolute Gasteiger partial charge is 0.385 e. The third kappa shape index (κ3) is 3.71. The van der Waals surface area contributed by atoms with Gasteiger partial charge in [-0.05, 0) is 36.8 Å². The van der Waals surface area contributed by atoms with Crippen molar-refractivity contribution in [3.8, 4) is 0 Å². The van der Waals surface area contributed by atoms with Gasteiger partial charge >= 0.3 is 0 Å². The molecule has 0 spiro atoms. The van der Waals surface area contributed by atoms with Crippen molar-refractivity contribution in [1.29, 1.82) is 0 Å². The number of nitrogens with zero attached hydrogens (tertiary/aromatic N) is 2. The molecule has 20 heavy (non-hydrogen) atoms. The molecule has 2 heterocycles. The lowest BCUT2D eigenvalue weighted by Gasteiger charge is -2.36. The van der Waals surface area contributed by atoms with E-state index < -0.39 is 0 Å². The predicted octanol–water partition coefficient (Wildman–Crippen LogP) is 3.17. The summed E-state index contributed by atoms with van der Waals surface area (Å²) >= 11 is 0. The lowest BCUT2D eigenvalue weighted by molar-refractivity contribution is 0.0624. The molecule has 1 fully saturated rings. The van der Waals surface area contributed by atoms with Gasteiger partial charge < -0.3 is 10.2 Å². The first-order valence-electron chi connectivity index (χ1n) is 7.51. The number of carbonyl (C=O) groups excluding carboxylic acids is 1. The molecule has 1 aliphatic rings. The lowest BCUT2D eigenvalue weighted by Crippen LogP contribution is -2.41. The second kappa shape index (κ2) is 6.25. The van der Waals surface area contributed by atoms with Crippen LogP contribution in [0.5, 0.6) is 0 Å². The Hall–Kier alpha value is -1.58. The highest BCUT2D eigenvalue weighted by molar-refractivity contribution is 5.93. The van der Waals surface area contributed by atoms with E-state index in [1.165, 1.54) is 0 Å². The number of hydrogen-bond donors (Lipinski definition) is 1. The van der Waals surface area contributed by atoms with Crippen LogP contribution >= 0.6 is 0 Å². The maximum absolute atomic E-state index is 12.5. The van der Waals surface area contributed by atoms with Crippen LogP contribution in [0.2, 0.25) is 0 Å². The smallest absolute Gasteiger partial charge is 0.272 e. The fourth-order valence-electron chi connectivity index (χ4n) is 2.40. The van der Waals surface area contributed by atoms with Gasteiger partial charge in [-0.2, -0.15) is 0 Å². The average Bonchev–Trinajstić information content (AvgIpc) is 2.45. The molecule has 1 aromatic heterocycles. The third-order valence-electron chi connectivity index (χ3n) is 3.96. The number of aromatic nitrogens is 1. The van der Waals surface area contributed by atoms with E-state index in [-0.39, 0.29) is 5.91 Å². The van der Waals surface area contributed by atoms with Crippen LogP contribution in [0.4, 0.5) is 5.69 Å². The van der Waals surface area contributed by atoms with Gasteiger partial charge in [-0.3, -0.25) is 9.78 Å². The third-order valence-corrected chi connectivity index (χ3v) is 3.96. The van der Waals surface area contributed by atoms with Crippen molar-refractivity contribution >= 4 is 11.6 Å². The number of carbonyl (C=O) groups is 1. The predicted molar refractivity (Wildman–Crippen MR) is 81.9 cm³/mol. The van der Waals surface area contributed by atoms with Crippen LogP contribution in [0.25, 0.3) is 0 Å². The summed E-state index contributed by atoms with van der Waals surface area (Å²) in [5.74, 6) is 0.0562. The Bertz CT molecular complexity index is 461. The van der Waals surface area contributed by atoms with Gasteiger partial charge in [0.15, 0.2) is 0 Å². The van der Waals surface area contributed by atoms with Crippen molar-refractivity contribution in [2.75, 3.05) is 25.0 Å². The lowest BCUT2D eigenvalue weighted by atomic mass is 9.82. The number of pyridine rings is 1. The number of piperidine rings is 1. The normalized spacial score (nSPS) is 17.9. The summed E-state index contributed by atoms with van der Waals surface area (Å²) in [7, 11) is 0. The molecule has 110 valence electrons. The quantitative estimate of drug-likeness (QED) is 0.918. The van der Waals surface area contributed by atoms with Gasteiger partial charge in [0, 0.05) is 31.5 Å². The summed E-state index contributed by atoms with van der Waals surface area (Å²) in [6.45, 7) is 9.23. The van der Waals surface area contributed by atoms with Crippen LogP contribution in [0.15, 0.2) is 18.3 Å². The van der Waals surface area contributed by atoms with Crippen LogP contribution in [0.3, 0.4) is 0 Å². The number of nitrogens with one attached hydrogen (secondary N) is 1. The minimum absolute atomic E-state index is 0.0562. The van der Waals surface area contributed by atoms with E-state index in [0.29, 0.717) is 11.1 Å². The Morgan fingerprint density at radius 2 is 2.10 bits per heavy atom. The highest BCUT2D eigenvalue weighted by Gasteiger charge is 2.28. The molecule has 0 bridgehead atoms. The van der Waals surface area contributed by atoms with E-state index in [9.17, 15) is 4.79 Å². The second-order valence-corrected chi connectivity index (χ2v) is 6.31. The van der Waals surface area contributed by atoms with Gasteiger partial charge in [0.05, 0.1) is 0 Å². The summed E-state index contributed by atoms with van der Waals surface area (Å²) in [5.41, 5.74) is 1.88. The van der Waals surface area contributed by atoms with Gasteiger partial charge in [-0.15, -0.1) is 0 Å². The molecule has 0 unspecified atom stereocenters. The molecule has 0 aromatic carbocycles. The van der Waals surface area contributed by atoms with E-state index in [2.05, 4.69) is 31.1 Å². The minimum atomic E-state index is 0.0562. The Morgan fingerprint density at radius 1 is 1.40 bits per heavy atom.